The van der Waals surface area contributed by atoms with Gasteiger partial charge < -0.3 is 15.2 Å². The number of ether oxygens (including phenoxy) is 1. The molecule has 0 saturated carbocycles. The highest BCUT2D eigenvalue weighted by Crippen LogP contribution is 2.04. The first kappa shape index (κ1) is 16.2. The molecule has 0 fully saturated rings. The Morgan fingerprint density at radius 3 is 2.50 bits per heavy atom. The van der Waals surface area contributed by atoms with E-state index < -0.39 is 18.0 Å². The van der Waals surface area contributed by atoms with Crippen molar-refractivity contribution in [3.63, 3.8) is 0 Å². The summed E-state index contributed by atoms with van der Waals surface area (Å²) in [4.78, 5) is 22.4. The van der Waals surface area contributed by atoms with E-state index in [1.165, 1.54) is 0 Å². The van der Waals surface area contributed by atoms with Crippen LogP contribution in [-0.4, -0.2) is 29.6 Å². The van der Waals surface area contributed by atoms with Crippen LogP contribution in [0.4, 0.5) is 0 Å². The molecular weight excluding hydrogens is 258 g/mol. The summed E-state index contributed by atoms with van der Waals surface area (Å²) < 4.78 is 5.47. The Hall–Kier alpha value is -1.88. The van der Waals surface area contributed by atoms with Crippen LogP contribution in [0.5, 0.6) is 0 Å². The minimum atomic E-state index is -0.854. The number of nitrogens with one attached hydrogen (secondary N) is 1. The topological polar surface area (TPSA) is 75.6 Å². The van der Waals surface area contributed by atoms with Crippen molar-refractivity contribution in [3.05, 3.63) is 35.9 Å². The van der Waals surface area contributed by atoms with Crippen LogP contribution in [0.3, 0.4) is 0 Å². The number of carboxylic acid groups (broad SMARTS) is 1. The first-order chi connectivity index (χ1) is 9.50. The number of carboxylic acids is 1. The van der Waals surface area contributed by atoms with Crippen LogP contribution in [-0.2, 0) is 20.9 Å². The first-order valence-electron chi connectivity index (χ1n) is 6.66. The fourth-order valence-electron chi connectivity index (χ4n) is 1.55. The molecule has 0 saturated heterocycles. The Labute approximate surface area is 118 Å². The fraction of sp³-hybridized carbons (Fsp3) is 0.467. The predicted molar refractivity (Wildman–Crippen MR) is 75.1 cm³/mol. The molecule has 1 aromatic carbocycles. The summed E-state index contributed by atoms with van der Waals surface area (Å²) in [5, 5.41) is 11.4. The Morgan fingerprint density at radius 2 is 1.90 bits per heavy atom. The second-order valence-corrected chi connectivity index (χ2v) is 4.76. The lowest BCUT2D eigenvalue weighted by molar-refractivity contribution is -0.141. The average molecular weight is 279 g/mol. The number of rotatable bonds is 8. The highest BCUT2D eigenvalue weighted by molar-refractivity contribution is 5.80. The molecule has 1 rings (SSSR count). The van der Waals surface area contributed by atoms with Gasteiger partial charge in [0.1, 0.15) is 6.10 Å². The van der Waals surface area contributed by atoms with Gasteiger partial charge in [-0.15, -0.1) is 0 Å². The third-order valence-corrected chi connectivity index (χ3v) is 3.01. The van der Waals surface area contributed by atoms with E-state index in [4.69, 9.17) is 9.84 Å². The van der Waals surface area contributed by atoms with Crippen LogP contribution in [0.2, 0.25) is 0 Å². The zero-order chi connectivity index (χ0) is 15.0. The Bertz CT molecular complexity index is 433. The van der Waals surface area contributed by atoms with E-state index in [-0.39, 0.29) is 5.91 Å². The van der Waals surface area contributed by atoms with Crippen LogP contribution in [0, 0.1) is 5.92 Å². The van der Waals surface area contributed by atoms with E-state index in [0.717, 1.165) is 5.56 Å². The molecule has 2 atom stereocenters. The average Bonchev–Trinajstić information content (AvgIpc) is 2.45. The van der Waals surface area contributed by atoms with Gasteiger partial charge in [0.05, 0.1) is 12.5 Å². The number of aliphatic carboxylic acids is 1. The molecule has 0 aliphatic heterocycles. The predicted octanol–water partition coefficient (Wildman–Crippen LogP) is 1.82. The van der Waals surface area contributed by atoms with E-state index in [1.807, 2.05) is 30.3 Å². The highest BCUT2D eigenvalue weighted by Gasteiger charge is 2.15. The maximum atomic E-state index is 11.7. The summed E-state index contributed by atoms with van der Waals surface area (Å²) in [5.41, 5.74) is 1.01. The van der Waals surface area contributed by atoms with Crippen molar-refractivity contribution in [1.82, 2.24) is 5.32 Å². The maximum absolute atomic E-state index is 11.7. The van der Waals surface area contributed by atoms with Crippen molar-refractivity contribution in [1.29, 1.82) is 0 Å². The molecule has 5 heteroatoms. The van der Waals surface area contributed by atoms with Gasteiger partial charge in [-0.2, -0.15) is 0 Å². The van der Waals surface area contributed by atoms with Gasteiger partial charge in [-0.25, -0.2) is 0 Å². The summed E-state index contributed by atoms with van der Waals surface area (Å²) in [6.45, 7) is 4.01. The van der Waals surface area contributed by atoms with Gasteiger partial charge in [0.2, 0.25) is 5.91 Å². The number of hydrogen-bond donors (Lipinski definition) is 2. The molecule has 0 bridgehead atoms. The van der Waals surface area contributed by atoms with Crippen LogP contribution in [0.15, 0.2) is 30.3 Å². The highest BCUT2D eigenvalue weighted by atomic mass is 16.5. The van der Waals surface area contributed by atoms with Crippen LogP contribution < -0.4 is 5.32 Å². The van der Waals surface area contributed by atoms with Gasteiger partial charge in [-0.1, -0.05) is 37.3 Å². The van der Waals surface area contributed by atoms with E-state index >= 15 is 0 Å². The van der Waals surface area contributed by atoms with Crippen molar-refractivity contribution < 1.29 is 19.4 Å². The normalized spacial score (nSPS) is 13.5. The lowest BCUT2D eigenvalue weighted by Crippen LogP contribution is -2.35. The molecule has 0 aliphatic rings. The number of benzene rings is 1. The molecule has 0 aromatic heterocycles. The summed E-state index contributed by atoms with van der Waals surface area (Å²) >= 11 is 0. The minimum absolute atomic E-state index is 0.224. The number of amides is 1. The Morgan fingerprint density at radius 1 is 1.25 bits per heavy atom. The van der Waals surface area contributed by atoms with Gasteiger partial charge in [-0.3, -0.25) is 9.59 Å². The summed E-state index contributed by atoms with van der Waals surface area (Å²) in [5.74, 6) is -1.54. The molecule has 1 amide bonds. The lowest BCUT2D eigenvalue weighted by atomic mass is 10.1. The smallest absolute Gasteiger partial charge is 0.306 e. The quantitative estimate of drug-likeness (QED) is 0.761. The third-order valence-electron chi connectivity index (χ3n) is 3.01. The summed E-state index contributed by atoms with van der Waals surface area (Å²) in [6, 6.07) is 9.61. The monoisotopic (exact) mass is 279 g/mol. The van der Waals surface area contributed by atoms with Crippen molar-refractivity contribution in [2.45, 2.75) is 33.0 Å². The zero-order valence-electron chi connectivity index (χ0n) is 11.8. The van der Waals surface area contributed by atoms with Gasteiger partial charge >= 0.3 is 5.97 Å². The molecule has 5 nitrogen and oxygen atoms in total. The van der Waals surface area contributed by atoms with Gasteiger partial charge in [0.15, 0.2) is 0 Å². The second-order valence-electron chi connectivity index (χ2n) is 4.76. The standard InChI is InChI=1S/C15H21NO4/c1-11(15(18)19)8-9-16-14(17)12(2)20-10-13-6-4-3-5-7-13/h3-7,11-12H,8-10H2,1-2H3,(H,16,17)(H,18,19). The van der Waals surface area contributed by atoms with E-state index in [0.29, 0.717) is 19.6 Å². The zero-order valence-corrected chi connectivity index (χ0v) is 11.8. The molecule has 2 N–H and O–H groups in total. The Kier molecular flexibility index (Phi) is 6.73. The minimum Gasteiger partial charge on any atom is -0.481 e. The van der Waals surface area contributed by atoms with Gasteiger partial charge in [-0.05, 0) is 18.9 Å². The number of carbonyl (C=O) groups excluding carboxylic acids is 1. The molecule has 0 heterocycles. The molecule has 0 spiro atoms. The largest absolute Gasteiger partial charge is 0.481 e. The van der Waals surface area contributed by atoms with Gasteiger partial charge in [0, 0.05) is 6.54 Å². The van der Waals surface area contributed by atoms with Crippen molar-refractivity contribution >= 4 is 11.9 Å². The fourth-order valence-corrected chi connectivity index (χ4v) is 1.55. The summed E-state index contributed by atoms with van der Waals surface area (Å²) in [7, 11) is 0. The first-order valence-corrected chi connectivity index (χ1v) is 6.66. The maximum Gasteiger partial charge on any atom is 0.306 e. The van der Waals surface area contributed by atoms with Crippen LogP contribution >= 0.6 is 0 Å². The van der Waals surface area contributed by atoms with E-state index in [9.17, 15) is 9.59 Å². The van der Waals surface area contributed by atoms with E-state index in [2.05, 4.69) is 5.32 Å². The number of carbonyl (C=O) groups is 2. The summed E-state index contributed by atoms with van der Waals surface area (Å²) in [6.07, 6.45) is -0.151. The van der Waals surface area contributed by atoms with Crippen molar-refractivity contribution in [2.24, 2.45) is 5.92 Å². The SMILES string of the molecule is CC(CCNC(=O)C(C)OCc1ccccc1)C(=O)O. The second kappa shape index (κ2) is 8.32. The molecule has 0 aliphatic carbocycles. The lowest BCUT2D eigenvalue weighted by Gasteiger charge is -2.14. The molecule has 1 aromatic rings. The van der Waals surface area contributed by atoms with Crippen LogP contribution in [0.1, 0.15) is 25.8 Å². The molecule has 20 heavy (non-hydrogen) atoms. The van der Waals surface area contributed by atoms with E-state index in [1.54, 1.807) is 13.8 Å². The molecule has 110 valence electrons. The Balaban J connectivity index is 2.24. The van der Waals surface area contributed by atoms with Crippen molar-refractivity contribution in [3.8, 4) is 0 Å². The third kappa shape index (κ3) is 5.84. The van der Waals surface area contributed by atoms with Gasteiger partial charge in [0.25, 0.3) is 0 Å². The number of hydrogen-bond acceptors (Lipinski definition) is 3. The molecular formula is C15H21NO4. The molecule has 2 unspecified atom stereocenters. The van der Waals surface area contributed by atoms with Crippen LogP contribution in [0.25, 0.3) is 0 Å². The van der Waals surface area contributed by atoms with Crippen molar-refractivity contribution in [2.75, 3.05) is 6.54 Å². The molecule has 0 radical (unpaired) electrons.